The Labute approximate surface area is 80.4 Å². The van der Waals surface area contributed by atoms with E-state index in [1.165, 1.54) is 0 Å². The number of aromatic nitrogens is 3. The van der Waals surface area contributed by atoms with Gasteiger partial charge in [-0.2, -0.15) is 0 Å². The van der Waals surface area contributed by atoms with E-state index in [9.17, 15) is 0 Å². The molecule has 0 atom stereocenters. The number of rotatable bonds is 1. The zero-order valence-electron chi connectivity index (χ0n) is 7.16. The van der Waals surface area contributed by atoms with Gasteiger partial charge in [-0.05, 0) is 6.92 Å². The minimum Gasteiger partial charge on any atom is -0.325 e. The lowest BCUT2D eigenvalue weighted by molar-refractivity contribution is 1.02. The van der Waals surface area contributed by atoms with Crippen LogP contribution in [0.4, 0.5) is 0 Å². The van der Waals surface area contributed by atoms with Crippen LogP contribution >= 0.6 is 11.6 Å². The van der Waals surface area contributed by atoms with Gasteiger partial charge in [-0.25, -0.2) is 9.97 Å². The van der Waals surface area contributed by atoms with Gasteiger partial charge in [-0.3, -0.25) is 0 Å². The summed E-state index contributed by atoms with van der Waals surface area (Å²) in [5.41, 5.74) is 7.94. The number of imidazole rings is 1. The zero-order chi connectivity index (χ0) is 9.42. The lowest BCUT2D eigenvalue weighted by atomic mass is 10.4. The van der Waals surface area contributed by atoms with E-state index in [-0.39, 0.29) is 0 Å². The SMILES string of the molecule is Cc1cn2cnc(CN)c2c(Cl)n1. The van der Waals surface area contributed by atoms with Crippen LogP contribution in [-0.2, 0) is 6.54 Å². The first-order valence-corrected chi connectivity index (χ1v) is 4.29. The summed E-state index contributed by atoms with van der Waals surface area (Å²) in [6.45, 7) is 2.26. The van der Waals surface area contributed by atoms with Gasteiger partial charge in [0, 0.05) is 12.7 Å². The van der Waals surface area contributed by atoms with Crippen molar-refractivity contribution in [2.75, 3.05) is 0 Å². The molecule has 2 rings (SSSR count). The van der Waals surface area contributed by atoms with E-state index in [1.807, 2.05) is 17.5 Å². The third-order valence-corrected chi connectivity index (χ3v) is 2.12. The van der Waals surface area contributed by atoms with Crippen molar-refractivity contribution < 1.29 is 0 Å². The molecule has 0 unspecified atom stereocenters. The number of fused-ring (bicyclic) bond motifs is 1. The van der Waals surface area contributed by atoms with Crippen LogP contribution in [0.25, 0.3) is 5.52 Å². The van der Waals surface area contributed by atoms with E-state index in [4.69, 9.17) is 17.3 Å². The number of aryl methyl sites for hydroxylation is 1. The van der Waals surface area contributed by atoms with Gasteiger partial charge < -0.3 is 10.1 Å². The fraction of sp³-hybridized carbons (Fsp3) is 0.250. The molecule has 0 aliphatic rings. The van der Waals surface area contributed by atoms with Crippen molar-refractivity contribution in [1.29, 1.82) is 0 Å². The fourth-order valence-corrected chi connectivity index (χ4v) is 1.65. The summed E-state index contributed by atoms with van der Waals surface area (Å²) in [5.74, 6) is 0. The highest BCUT2D eigenvalue weighted by atomic mass is 35.5. The van der Waals surface area contributed by atoms with E-state index in [0.717, 1.165) is 16.9 Å². The Balaban J connectivity index is 2.82. The molecule has 0 spiro atoms. The Morgan fingerprint density at radius 1 is 1.62 bits per heavy atom. The second kappa shape index (κ2) is 2.97. The van der Waals surface area contributed by atoms with Crippen molar-refractivity contribution in [3.05, 3.63) is 29.1 Å². The minimum atomic E-state index is 0.376. The van der Waals surface area contributed by atoms with Crippen LogP contribution in [0.1, 0.15) is 11.4 Å². The molecule has 0 radical (unpaired) electrons. The fourth-order valence-electron chi connectivity index (χ4n) is 1.31. The van der Waals surface area contributed by atoms with Gasteiger partial charge in [-0.15, -0.1) is 0 Å². The molecule has 68 valence electrons. The number of halogens is 1. The molecule has 0 fully saturated rings. The first-order chi connectivity index (χ1) is 6.22. The Kier molecular flexibility index (Phi) is 1.94. The van der Waals surface area contributed by atoms with Crippen molar-refractivity contribution >= 4 is 17.1 Å². The molecule has 13 heavy (non-hydrogen) atoms. The predicted octanol–water partition coefficient (Wildman–Crippen LogP) is 1.15. The summed E-state index contributed by atoms with van der Waals surface area (Å²) in [5, 5.41) is 0.456. The van der Waals surface area contributed by atoms with E-state index in [0.29, 0.717) is 11.7 Å². The lowest BCUT2D eigenvalue weighted by Crippen LogP contribution is -1.98. The minimum absolute atomic E-state index is 0.376. The average Bonchev–Trinajstić information content (AvgIpc) is 2.47. The van der Waals surface area contributed by atoms with Gasteiger partial charge in [0.2, 0.25) is 0 Å². The molecule has 2 aromatic heterocycles. The Hall–Kier alpha value is -1.13. The Morgan fingerprint density at radius 2 is 2.38 bits per heavy atom. The van der Waals surface area contributed by atoms with Gasteiger partial charge in [0.1, 0.15) is 5.52 Å². The highest BCUT2D eigenvalue weighted by Gasteiger charge is 2.07. The third-order valence-electron chi connectivity index (χ3n) is 1.86. The van der Waals surface area contributed by atoms with E-state index in [2.05, 4.69) is 9.97 Å². The largest absolute Gasteiger partial charge is 0.325 e. The van der Waals surface area contributed by atoms with Crippen LogP contribution in [-0.4, -0.2) is 14.4 Å². The maximum Gasteiger partial charge on any atom is 0.155 e. The first kappa shape index (κ1) is 8.47. The molecular weight excluding hydrogens is 188 g/mol. The Morgan fingerprint density at radius 3 is 3.08 bits per heavy atom. The molecule has 2 heterocycles. The monoisotopic (exact) mass is 196 g/mol. The second-order valence-electron chi connectivity index (χ2n) is 2.82. The molecule has 0 amide bonds. The van der Waals surface area contributed by atoms with Gasteiger partial charge in [0.25, 0.3) is 0 Å². The van der Waals surface area contributed by atoms with Gasteiger partial charge in [0.05, 0.1) is 17.7 Å². The summed E-state index contributed by atoms with van der Waals surface area (Å²) in [7, 11) is 0. The summed E-state index contributed by atoms with van der Waals surface area (Å²) >= 11 is 5.96. The quantitative estimate of drug-likeness (QED) is 0.745. The van der Waals surface area contributed by atoms with Gasteiger partial charge in [0.15, 0.2) is 5.15 Å². The van der Waals surface area contributed by atoms with Crippen molar-refractivity contribution in [3.8, 4) is 0 Å². The number of hydrogen-bond acceptors (Lipinski definition) is 3. The summed E-state index contributed by atoms with van der Waals surface area (Å²) in [4.78, 5) is 8.26. The number of nitrogens with zero attached hydrogens (tertiary/aromatic N) is 3. The number of hydrogen-bond donors (Lipinski definition) is 1. The maximum atomic E-state index is 5.96. The van der Waals surface area contributed by atoms with E-state index < -0.39 is 0 Å². The van der Waals surface area contributed by atoms with Crippen molar-refractivity contribution in [2.24, 2.45) is 5.73 Å². The van der Waals surface area contributed by atoms with Crippen LogP contribution in [0.15, 0.2) is 12.5 Å². The predicted molar refractivity (Wildman–Crippen MR) is 50.6 cm³/mol. The standard InChI is InChI=1S/C8H9ClN4/c1-5-3-13-4-11-6(2-10)7(13)8(9)12-5/h3-4H,2,10H2,1H3. The summed E-state index contributed by atoms with van der Waals surface area (Å²) in [6.07, 6.45) is 3.56. The first-order valence-electron chi connectivity index (χ1n) is 3.91. The molecule has 0 aliphatic carbocycles. The number of nitrogens with two attached hydrogens (primary N) is 1. The molecule has 0 saturated heterocycles. The Bertz CT molecular complexity index is 449. The van der Waals surface area contributed by atoms with Crippen molar-refractivity contribution in [2.45, 2.75) is 13.5 Å². The van der Waals surface area contributed by atoms with E-state index in [1.54, 1.807) is 6.33 Å². The second-order valence-corrected chi connectivity index (χ2v) is 3.18. The molecular formula is C8H9ClN4. The van der Waals surface area contributed by atoms with Gasteiger partial charge in [-0.1, -0.05) is 11.6 Å². The maximum absolute atomic E-state index is 5.96. The molecule has 2 aromatic rings. The summed E-state index contributed by atoms with van der Waals surface area (Å²) < 4.78 is 1.84. The average molecular weight is 197 g/mol. The molecule has 2 N–H and O–H groups in total. The van der Waals surface area contributed by atoms with Crippen LogP contribution < -0.4 is 5.73 Å². The van der Waals surface area contributed by atoms with Crippen molar-refractivity contribution in [1.82, 2.24) is 14.4 Å². The van der Waals surface area contributed by atoms with Crippen LogP contribution in [0.2, 0.25) is 5.15 Å². The molecule has 0 aliphatic heterocycles. The summed E-state index contributed by atoms with van der Waals surface area (Å²) in [6, 6.07) is 0. The van der Waals surface area contributed by atoms with Crippen molar-refractivity contribution in [3.63, 3.8) is 0 Å². The normalized spacial score (nSPS) is 11.0. The van der Waals surface area contributed by atoms with E-state index >= 15 is 0 Å². The molecule has 0 aromatic carbocycles. The molecule has 0 bridgehead atoms. The molecule has 5 heteroatoms. The smallest absolute Gasteiger partial charge is 0.155 e. The van der Waals surface area contributed by atoms with Crippen LogP contribution in [0, 0.1) is 6.92 Å². The third kappa shape index (κ3) is 1.28. The van der Waals surface area contributed by atoms with Crippen LogP contribution in [0.5, 0.6) is 0 Å². The topological polar surface area (TPSA) is 56.2 Å². The highest BCUT2D eigenvalue weighted by molar-refractivity contribution is 6.32. The zero-order valence-corrected chi connectivity index (χ0v) is 7.91. The van der Waals surface area contributed by atoms with Gasteiger partial charge >= 0.3 is 0 Å². The molecule has 4 nitrogen and oxygen atoms in total. The lowest BCUT2D eigenvalue weighted by Gasteiger charge is -1.99. The molecule has 0 saturated carbocycles. The highest BCUT2D eigenvalue weighted by Crippen LogP contribution is 2.18. The van der Waals surface area contributed by atoms with Crippen LogP contribution in [0.3, 0.4) is 0 Å².